The molecule has 0 heterocycles. The maximum absolute atomic E-state index is 11.0. The molecule has 0 aliphatic carbocycles. The predicted octanol–water partition coefficient (Wildman–Crippen LogP) is 3.96. The van der Waals surface area contributed by atoms with Crippen LogP contribution >= 0.6 is 0 Å². The zero-order valence-electron chi connectivity index (χ0n) is 11.9. The summed E-state index contributed by atoms with van der Waals surface area (Å²) in [5.74, 6) is 1.43. The van der Waals surface area contributed by atoms with Gasteiger partial charge in [0.25, 0.3) is 0 Å². The second-order valence-corrected chi connectivity index (χ2v) is 4.77. The summed E-state index contributed by atoms with van der Waals surface area (Å²) in [4.78, 5) is 11.0. The third kappa shape index (κ3) is 3.18. The second-order valence-electron chi connectivity index (χ2n) is 4.77. The maximum atomic E-state index is 11.0. The van der Waals surface area contributed by atoms with Crippen molar-refractivity contribution in [2.45, 2.75) is 20.0 Å². The van der Waals surface area contributed by atoms with Crippen LogP contribution in [0.15, 0.2) is 42.5 Å². The molecule has 3 nitrogen and oxygen atoms in total. The van der Waals surface area contributed by atoms with Gasteiger partial charge in [-0.05, 0) is 49.2 Å². The summed E-state index contributed by atoms with van der Waals surface area (Å²) in [7, 11) is 1.56. The summed E-state index contributed by atoms with van der Waals surface area (Å²) in [6.45, 7) is 3.99. The molecule has 2 rings (SSSR count). The van der Waals surface area contributed by atoms with Gasteiger partial charge in [-0.2, -0.15) is 0 Å². The molecular formula is C17H18O3. The summed E-state index contributed by atoms with van der Waals surface area (Å²) in [6.07, 6.45) is 0.960. The van der Waals surface area contributed by atoms with Crippen LogP contribution in [0.2, 0.25) is 0 Å². The molecule has 0 fully saturated rings. The van der Waals surface area contributed by atoms with E-state index in [1.165, 1.54) is 0 Å². The molecule has 0 spiro atoms. The van der Waals surface area contributed by atoms with E-state index in [0.717, 1.165) is 23.2 Å². The Morgan fingerprint density at radius 2 is 1.65 bits per heavy atom. The van der Waals surface area contributed by atoms with Gasteiger partial charge in [-0.3, -0.25) is 4.79 Å². The van der Waals surface area contributed by atoms with Gasteiger partial charge >= 0.3 is 0 Å². The average molecular weight is 270 g/mol. The van der Waals surface area contributed by atoms with E-state index in [-0.39, 0.29) is 6.10 Å². The van der Waals surface area contributed by atoms with Crippen molar-refractivity contribution in [3.05, 3.63) is 48.0 Å². The Morgan fingerprint density at radius 3 is 2.20 bits per heavy atom. The van der Waals surface area contributed by atoms with E-state index in [1.54, 1.807) is 13.2 Å². The van der Waals surface area contributed by atoms with Crippen molar-refractivity contribution < 1.29 is 14.3 Å². The van der Waals surface area contributed by atoms with Crippen molar-refractivity contribution in [3.8, 4) is 22.6 Å². The lowest BCUT2D eigenvalue weighted by atomic mass is 10.0. The van der Waals surface area contributed by atoms with Gasteiger partial charge in [0.1, 0.15) is 11.5 Å². The molecule has 0 saturated carbocycles. The minimum absolute atomic E-state index is 0.156. The standard InChI is InChI=1S/C17H18O3/c1-12(2)20-16-7-4-13(5-8-16)14-6-9-17(19-3)15(10-14)11-18/h4-12H,1-3H3. The van der Waals surface area contributed by atoms with E-state index in [2.05, 4.69) is 0 Å². The first-order chi connectivity index (χ1) is 9.63. The monoisotopic (exact) mass is 270 g/mol. The Balaban J connectivity index is 2.29. The van der Waals surface area contributed by atoms with E-state index in [4.69, 9.17) is 9.47 Å². The number of hydrogen-bond donors (Lipinski definition) is 0. The molecule has 0 atom stereocenters. The number of ether oxygens (including phenoxy) is 2. The van der Waals surface area contributed by atoms with Gasteiger partial charge in [0, 0.05) is 0 Å². The molecule has 0 N–H and O–H groups in total. The van der Waals surface area contributed by atoms with Crippen LogP contribution in [-0.2, 0) is 0 Å². The molecule has 0 aromatic heterocycles. The quantitative estimate of drug-likeness (QED) is 0.771. The van der Waals surface area contributed by atoms with Gasteiger partial charge in [-0.25, -0.2) is 0 Å². The van der Waals surface area contributed by atoms with Gasteiger partial charge in [-0.1, -0.05) is 18.2 Å². The lowest BCUT2D eigenvalue weighted by molar-refractivity contribution is 0.112. The van der Waals surface area contributed by atoms with Crippen LogP contribution in [0.25, 0.3) is 11.1 Å². The molecule has 0 unspecified atom stereocenters. The SMILES string of the molecule is COc1ccc(-c2ccc(OC(C)C)cc2)cc1C=O. The fourth-order valence-electron chi connectivity index (χ4n) is 2.00. The Morgan fingerprint density at radius 1 is 1.00 bits per heavy atom. The van der Waals surface area contributed by atoms with Crippen molar-refractivity contribution in [2.24, 2.45) is 0 Å². The van der Waals surface area contributed by atoms with Crippen LogP contribution < -0.4 is 9.47 Å². The van der Waals surface area contributed by atoms with Crippen LogP contribution in [0.3, 0.4) is 0 Å². The average Bonchev–Trinajstić information content (AvgIpc) is 2.46. The third-order valence-corrected chi connectivity index (χ3v) is 2.92. The first-order valence-corrected chi connectivity index (χ1v) is 6.54. The van der Waals surface area contributed by atoms with Crippen molar-refractivity contribution >= 4 is 6.29 Å². The van der Waals surface area contributed by atoms with Gasteiger partial charge in [-0.15, -0.1) is 0 Å². The van der Waals surface area contributed by atoms with E-state index < -0.39 is 0 Å². The Labute approximate surface area is 119 Å². The van der Waals surface area contributed by atoms with Crippen LogP contribution in [-0.4, -0.2) is 19.5 Å². The zero-order chi connectivity index (χ0) is 14.5. The fraction of sp³-hybridized carbons (Fsp3) is 0.235. The molecule has 104 valence electrons. The van der Waals surface area contributed by atoms with Gasteiger partial charge in [0.2, 0.25) is 0 Å². The topological polar surface area (TPSA) is 35.5 Å². The Hall–Kier alpha value is -2.29. The highest BCUT2D eigenvalue weighted by Gasteiger charge is 2.05. The Kier molecular flexibility index (Phi) is 4.41. The first-order valence-electron chi connectivity index (χ1n) is 6.54. The molecule has 0 radical (unpaired) electrons. The number of methoxy groups -OCH3 is 1. The van der Waals surface area contributed by atoms with Crippen LogP contribution in [0.1, 0.15) is 24.2 Å². The fourth-order valence-corrected chi connectivity index (χ4v) is 2.00. The second kappa shape index (κ2) is 6.24. The normalized spacial score (nSPS) is 10.4. The van der Waals surface area contributed by atoms with Crippen molar-refractivity contribution in [1.29, 1.82) is 0 Å². The highest BCUT2D eigenvalue weighted by Crippen LogP contribution is 2.27. The number of rotatable bonds is 5. The predicted molar refractivity (Wildman–Crippen MR) is 79.6 cm³/mol. The molecule has 0 saturated heterocycles. The lowest BCUT2D eigenvalue weighted by Crippen LogP contribution is -2.05. The summed E-state index contributed by atoms with van der Waals surface area (Å²) < 4.78 is 10.7. The van der Waals surface area contributed by atoms with Crippen LogP contribution in [0.5, 0.6) is 11.5 Å². The summed E-state index contributed by atoms with van der Waals surface area (Å²) in [5.41, 5.74) is 2.56. The molecular weight excluding hydrogens is 252 g/mol. The third-order valence-electron chi connectivity index (χ3n) is 2.92. The highest BCUT2D eigenvalue weighted by atomic mass is 16.5. The number of benzene rings is 2. The summed E-state index contributed by atoms with van der Waals surface area (Å²) >= 11 is 0. The van der Waals surface area contributed by atoms with E-state index in [9.17, 15) is 4.79 Å². The number of carbonyl (C=O) groups excluding carboxylic acids is 1. The van der Waals surface area contributed by atoms with Gasteiger partial charge < -0.3 is 9.47 Å². The molecule has 3 heteroatoms. The van der Waals surface area contributed by atoms with Crippen molar-refractivity contribution in [3.63, 3.8) is 0 Å². The Bertz CT molecular complexity index is 586. The minimum Gasteiger partial charge on any atom is -0.496 e. The minimum atomic E-state index is 0.156. The molecule has 0 amide bonds. The highest BCUT2D eigenvalue weighted by molar-refractivity contribution is 5.83. The van der Waals surface area contributed by atoms with E-state index in [1.807, 2.05) is 50.2 Å². The summed E-state index contributed by atoms with van der Waals surface area (Å²) in [6, 6.07) is 13.4. The lowest BCUT2D eigenvalue weighted by Gasteiger charge is -2.11. The zero-order valence-corrected chi connectivity index (χ0v) is 11.9. The molecule has 0 aliphatic rings. The van der Waals surface area contributed by atoms with Crippen LogP contribution in [0, 0.1) is 0 Å². The number of carbonyl (C=O) groups is 1. The molecule has 20 heavy (non-hydrogen) atoms. The molecule has 0 aliphatic heterocycles. The largest absolute Gasteiger partial charge is 0.496 e. The molecule has 2 aromatic rings. The molecule has 2 aromatic carbocycles. The van der Waals surface area contributed by atoms with Gasteiger partial charge in [0.15, 0.2) is 6.29 Å². The number of hydrogen-bond acceptors (Lipinski definition) is 3. The van der Waals surface area contributed by atoms with Gasteiger partial charge in [0.05, 0.1) is 18.8 Å². The number of aldehydes is 1. The van der Waals surface area contributed by atoms with Crippen molar-refractivity contribution in [2.75, 3.05) is 7.11 Å². The maximum Gasteiger partial charge on any atom is 0.153 e. The summed E-state index contributed by atoms with van der Waals surface area (Å²) in [5, 5.41) is 0. The first kappa shape index (κ1) is 14.1. The van der Waals surface area contributed by atoms with Crippen molar-refractivity contribution in [1.82, 2.24) is 0 Å². The van der Waals surface area contributed by atoms with E-state index >= 15 is 0 Å². The smallest absolute Gasteiger partial charge is 0.153 e. The van der Waals surface area contributed by atoms with E-state index in [0.29, 0.717) is 11.3 Å². The molecule has 0 bridgehead atoms. The van der Waals surface area contributed by atoms with Crippen LogP contribution in [0.4, 0.5) is 0 Å².